The number of hydrogen-bond acceptors (Lipinski definition) is 1. The van der Waals surface area contributed by atoms with Crippen LogP contribution < -0.4 is 0 Å². The van der Waals surface area contributed by atoms with Gasteiger partial charge in [0, 0.05) is 0 Å². The van der Waals surface area contributed by atoms with Gasteiger partial charge in [-0.15, -0.1) is 0 Å². The van der Waals surface area contributed by atoms with Gasteiger partial charge in [0.1, 0.15) is 0 Å². The summed E-state index contributed by atoms with van der Waals surface area (Å²) in [7, 11) is -1.44. The molecule has 0 amide bonds. The molecule has 80 valence electrons. The molecule has 0 aliphatic heterocycles. The molecule has 0 bridgehead atoms. The van der Waals surface area contributed by atoms with Crippen LogP contribution in [-0.2, 0) is 4.43 Å². The van der Waals surface area contributed by atoms with Crippen molar-refractivity contribution in [1.29, 1.82) is 0 Å². The molecule has 0 fully saturated rings. The van der Waals surface area contributed by atoms with Crippen molar-refractivity contribution in [2.75, 3.05) is 0 Å². The standard InChI is InChI=1S/C12H22OSi/c1-6-11-8-7-9-12(2,10-11)13-14(3,4)5/h6,10H,1,7-9H2,2-5H3. The van der Waals surface area contributed by atoms with Crippen molar-refractivity contribution in [3.63, 3.8) is 0 Å². The van der Waals surface area contributed by atoms with Crippen LogP contribution in [0.15, 0.2) is 24.3 Å². The molecule has 0 radical (unpaired) electrons. The van der Waals surface area contributed by atoms with Gasteiger partial charge >= 0.3 is 0 Å². The normalized spacial score (nSPS) is 28.4. The molecule has 0 aromatic heterocycles. The third-order valence-corrected chi connectivity index (χ3v) is 3.51. The van der Waals surface area contributed by atoms with E-state index in [1.54, 1.807) is 0 Å². The van der Waals surface area contributed by atoms with Gasteiger partial charge in [-0.2, -0.15) is 0 Å². The van der Waals surface area contributed by atoms with Crippen LogP contribution in [0.2, 0.25) is 19.6 Å². The second-order valence-electron chi connectivity index (χ2n) is 5.30. The van der Waals surface area contributed by atoms with Gasteiger partial charge in [0.05, 0.1) is 5.60 Å². The second-order valence-corrected chi connectivity index (χ2v) is 9.73. The Morgan fingerprint density at radius 1 is 1.50 bits per heavy atom. The maximum Gasteiger partial charge on any atom is 0.184 e. The summed E-state index contributed by atoms with van der Waals surface area (Å²) in [5, 5.41) is 0. The summed E-state index contributed by atoms with van der Waals surface area (Å²) >= 11 is 0. The van der Waals surface area contributed by atoms with Crippen molar-refractivity contribution in [3.8, 4) is 0 Å². The largest absolute Gasteiger partial charge is 0.409 e. The number of allylic oxidation sites excluding steroid dienone is 2. The second kappa shape index (κ2) is 4.03. The highest BCUT2D eigenvalue weighted by Gasteiger charge is 2.31. The average molecular weight is 210 g/mol. The molecule has 0 aromatic rings. The van der Waals surface area contributed by atoms with Crippen LogP contribution in [0, 0.1) is 0 Å². The van der Waals surface area contributed by atoms with Gasteiger partial charge in [-0.25, -0.2) is 0 Å². The summed E-state index contributed by atoms with van der Waals surface area (Å²) in [5.74, 6) is 0. The van der Waals surface area contributed by atoms with Gasteiger partial charge in [0.25, 0.3) is 0 Å². The Balaban J connectivity index is 2.78. The first-order valence-corrected chi connectivity index (χ1v) is 8.80. The molecule has 1 aliphatic carbocycles. The minimum Gasteiger partial charge on any atom is -0.409 e. The van der Waals surface area contributed by atoms with E-state index in [0.29, 0.717) is 0 Å². The van der Waals surface area contributed by atoms with Gasteiger partial charge in [-0.1, -0.05) is 18.7 Å². The Morgan fingerprint density at radius 3 is 2.64 bits per heavy atom. The molecular formula is C12H22OSi. The summed E-state index contributed by atoms with van der Waals surface area (Å²) in [6.45, 7) is 12.8. The van der Waals surface area contributed by atoms with Crippen molar-refractivity contribution in [2.45, 2.75) is 51.4 Å². The minimum absolute atomic E-state index is 0.0355. The minimum atomic E-state index is -1.44. The molecule has 0 aromatic carbocycles. The lowest BCUT2D eigenvalue weighted by atomic mass is 9.88. The van der Waals surface area contributed by atoms with E-state index in [2.05, 4.69) is 39.2 Å². The van der Waals surface area contributed by atoms with Crippen molar-refractivity contribution < 1.29 is 4.43 Å². The summed E-state index contributed by atoms with van der Waals surface area (Å²) < 4.78 is 6.21. The van der Waals surface area contributed by atoms with E-state index < -0.39 is 8.32 Å². The maximum absolute atomic E-state index is 6.21. The molecule has 0 spiro atoms. The van der Waals surface area contributed by atoms with Crippen LogP contribution >= 0.6 is 0 Å². The van der Waals surface area contributed by atoms with Crippen molar-refractivity contribution in [1.82, 2.24) is 0 Å². The summed E-state index contributed by atoms with van der Waals surface area (Å²) in [6.07, 6.45) is 7.76. The first-order valence-electron chi connectivity index (χ1n) is 5.39. The molecule has 14 heavy (non-hydrogen) atoms. The first-order chi connectivity index (χ1) is 6.35. The van der Waals surface area contributed by atoms with Gasteiger partial charge in [0.15, 0.2) is 8.32 Å². The molecule has 1 aliphatic rings. The van der Waals surface area contributed by atoms with Gasteiger partial charge in [0.2, 0.25) is 0 Å². The predicted molar refractivity (Wildman–Crippen MR) is 65.0 cm³/mol. The monoisotopic (exact) mass is 210 g/mol. The fraction of sp³-hybridized carbons (Fsp3) is 0.667. The lowest BCUT2D eigenvalue weighted by molar-refractivity contribution is 0.113. The van der Waals surface area contributed by atoms with E-state index in [9.17, 15) is 0 Å². The summed E-state index contributed by atoms with van der Waals surface area (Å²) in [6, 6.07) is 0. The van der Waals surface area contributed by atoms with Crippen LogP contribution in [0.4, 0.5) is 0 Å². The highest BCUT2D eigenvalue weighted by molar-refractivity contribution is 6.69. The highest BCUT2D eigenvalue weighted by Crippen LogP contribution is 2.32. The van der Waals surface area contributed by atoms with Crippen molar-refractivity contribution in [3.05, 3.63) is 24.3 Å². The van der Waals surface area contributed by atoms with E-state index in [0.717, 1.165) is 12.8 Å². The van der Waals surface area contributed by atoms with Crippen LogP contribution in [-0.4, -0.2) is 13.9 Å². The van der Waals surface area contributed by atoms with Crippen LogP contribution in [0.3, 0.4) is 0 Å². The van der Waals surface area contributed by atoms with Crippen molar-refractivity contribution in [2.24, 2.45) is 0 Å². The Hall–Kier alpha value is -0.343. The SMILES string of the molecule is C=CC1=CC(C)(O[Si](C)(C)C)CCC1. The maximum atomic E-state index is 6.21. The van der Waals surface area contributed by atoms with Gasteiger partial charge < -0.3 is 4.43 Å². The molecule has 1 rings (SSSR count). The zero-order chi connectivity index (χ0) is 10.8. The number of rotatable bonds is 3. The molecule has 0 saturated carbocycles. The molecule has 2 heteroatoms. The molecular weight excluding hydrogens is 188 g/mol. The fourth-order valence-corrected chi connectivity index (χ4v) is 3.68. The van der Waals surface area contributed by atoms with Gasteiger partial charge in [-0.3, -0.25) is 0 Å². The zero-order valence-electron chi connectivity index (χ0n) is 9.89. The van der Waals surface area contributed by atoms with E-state index >= 15 is 0 Å². The predicted octanol–water partition coefficient (Wildman–Crippen LogP) is 3.89. The Morgan fingerprint density at radius 2 is 2.14 bits per heavy atom. The molecule has 0 heterocycles. The smallest absolute Gasteiger partial charge is 0.184 e. The topological polar surface area (TPSA) is 9.23 Å². The molecule has 1 atom stereocenters. The quantitative estimate of drug-likeness (QED) is 0.642. The van der Waals surface area contributed by atoms with E-state index in [4.69, 9.17) is 4.43 Å². The zero-order valence-corrected chi connectivity index (χ0v) is 10.9. The van der Waals surface area contributed by atoms with Gasteiger partial charge in [-0.05, 0) is 51.4 Å². The van der Waals surface area contributed by atoms with Crippen LogP contribution in [0.25, 0.3) is 0 Å². The molecule has 0 saturated heterocycles. The Bertz CT molecular complexity index is 250. The summed E-state index contributed by atoms with van der Waals surface area (Å²) in [4.78, 5) is 0. The van der Waals surface area contributed by atoms with Crippen LogP contribution in [0.5, 0.6) is 0 Å². The Kier molecular flexibility index (Phi) is 3.38. The lowest BCUT2D eigenvalue weighted by Gasteiger charge is -2.37. The Labute approximate surface area is 89.0 Å². The fourth-order valence-electron chi connectivity index (χ4n) is 2.12. The third-order valence-electron chi connectivity index (χ3n) is 2.43. The summed E-state index contributed by atoms with van der Waals surface area (Å²) in [5.41, 5.74) is 1.31. The van der Waals surface area contributed by atoms with Crippen molar-refractivity contribution >= 4 is 8.32 Å². The molecule has 0 N–H and O–H groups in total. The van der Waals surface area contributed by atoms with E-state index in [-0.39, 0.29) is 5.60 Å². The average Bonchev–Trinajstić information content (AvgIpc) is 1.99. The first kappa shape index (κ1) is 11.7. The lowest BCUT2D eigenvalue weighted by Crippen LogP contribution is -2.40. The van der Waals surface area contributed by atoms with E-state index in [1.165, 1.54) is 12.0 Å². The highest BCUT2D eigenvalue weighted by atomic mass is 28.4. The molecule has 1 unspecified atom stereocenters. The van der Waals surface area contributed by atoms with Crippen LogP contribution in [0.1, 0.15) is 26.2 Å². The number of hydrogen-bond donors (Lipinski definition) is 0. The third kappa shape index (κ3) is 3.43. The molecule has 1 nitrogen and oxygen atoms in total. The van der Waals surface area contributed by atoms with E-state index in [1.807, 2.05) is 6.08 Å².